The number of ketones is 1. The standard InChI is InChI=1S/C44H59F3N4O8S/c1-24(2)35(38(54)44(45,46)47)48-40(56)33-23-28-13-11-12-14-32(28)51(33)41(57)36(25(3)4)49-39(55)27-16-18-29(19-17-27)60(58,59)50-34(52)20-15-26-21-30(42(5,6)7)37(53)31(22-26)43(8,9)10/h15-22,24-25,28,32-33,35-36,53H,11-14,23H2,1-10H3,(H,48,56)(H,49,55)(H,50,52)/b20-15+/t28-,32-,33-,35?,36-/m0/s1. The maximum Gasteiger partial charge on any atom is 0.452 e. The minimum atomic E-state index is -5.18. The Kier molecular flexibility index (Phi) is 14.5. The number of phenols is 1. The minimum absolute atomic E-state index is 0.00745. The molecule has 0 radical (unpaired) electrons. The molecule has 1 aliphatic carbocycles. The highest BCUT2D eigenvalue weighted by atomic mass is 32.2. The predicted octanol–water partition coefficient (Wildman–Crippen LogP) is 6.69. The summed E-state index contributed by atoms with van der Waals surface area (Å²) in [4.78, 5) is 67.7. The van der Waals surface area contributed by atoms with Crippen molar-refractivity contribution in [1.29, 1.82) is 0 Å². The van der Waals surface area contributed by atoms with Crippen LogP contribution in [0, 0.1) is 17.8 Å². The Balaban J connectivity index is 1.50. The molecule has 2 aromatic carbocycles. The van der Waals surface area contributed by atoms with Gasteiger partial charge in [-0.1, -0.05) is 82.1 Å². The van der Waals surface area contributed by atoms with Crippen LogP contribution in [0.1, 0.15) is 128 Å². The van der Waals surface area contributed by atoms with Crippen LogP contribution in [0.4, 0.5) is 13.2 Å². The summed E-state index contributed by atoms with van der Waals surface area (Å²) in [6, 6.07) is 3.61. The molecule has 2 aromatic rings. The quantitative estimate of drug-likeness (QED) is 0.171. The number of phenolic OH excluding ortho intramolecular Hbond substituents is 1. The topological polar surface area (TPSA) is 179 Å². The zero-order valence-corrected chi connectivity index (χ0v) is 36.8. The van der Waals surface area contributed by atoms with Crippen molar-refractivity contribution in [3.63, 3.8) is 0 Å². The number of hydrogen-bond acceptors (Lipinski definition) is 8. The number of nitrogens with zero attached hydrogens (tertiary/aromatic N) is 1. The molecule has 4 amide bonds. The van der Waals surface area contributed by atoms with E-state index in [9.17, 15) is 50.7 Å². The first-order valence-electron chi connectivity index (χ1n) is 20.3. The van der Waals surface area contributed by atoms with Gasteiger partial charge in [-0.2, -0.15) is 13.2 Å². The first-order valence-corrected chi connectivity index (χ1v) is 21.8. The summed E-state index contributed by atoms with van der Waals surface area (Å²) in [5.41, 5.74) is 1.06. The number of fused-ring (bicyclic) bond motifs is 1. The van der Waals surface area contributed by atoms with Gasteiger partial charge >= 0.3 is 6.18 Å². The lowest BCUT2D eigenvalue weighted by Gasteiger charge is -2.37. The first kappa shape index (κ1) is 47.9. The number of likely N-dealkylation sites (tertiary alicyclic amines) is 1. The maximum absolute atomic E-state index is 14.4. The van der Waals surface area contributed by atoms with Crippen LogP contribution < -0.4 is 15.4 Å². The van der Waals surface area contributed by atoms with Gasteiger partial charge in [-0.05, 0) is 95.9 Å². The van der Waals surface area contributed by atoms with E-state index in [1.54, 1.807) is 26.0 Å². The first-order chi connectivity index (χ1) is 27.5. The number of carbonyl (C=O) groups excluding carboxylic acids is 5. The highest BCUT2D eigenvalue weighted by molar-refractivity contribution is 7.90. The van der Waals surface area contributed by atoms with Crippen molar-refractivity contribution in [2.24, 2.45) is 17.8 Å². The van der Waals surface area contributed by atoms with Gasteiger partial charge in [0.15, 0.2) is 0 Å². The molecule has 5 atom stereocenters. The Morgan fingerprint density at radius 3 is 1.85 bits per heavy atom. The molecule has 16 heteroatoms. The monoisotopic (exact) mass is 860 g/mol. The number of amides is 4. The largest absolute Gasteiger partial charge is 0.507 e. The summed E-state index contributed by atoms with van der Waals surface area (Å²) in [7, 11) is -4.40. The van der Waals surface area contributed by atoms with E-state index in [0.717, 1.165) is 31.1 Å². The van der Waals surface area contributed by atoms with E-state index < -0.39 is 92.4 Å². The van der Waals surface area contributed by atoms with Gasteiger partial charge in [-0.15, -0.1) is 0 Å². The zero-order chi connectivity index (χ0) is 45.3. The van der Waals surface area contributed by atoms with Crippen LogP contribution in [0.15, 0.2) is 47.4 Å². The van der Waals surface area contributed by atoms with Crippen molar-refractivity contribution in [2.75, 3.05) is 0 Å². The fourth-order valence-electron chi connectivity index (χ4n) is 7.95. The second kappa shape index (κ2) is 18.1. The van der Waals surface area contributed by atoms with E-state index in [1.165, 1.54) is 37.0 Å². The Labute approximate surface area is 351 Å². The summed E-state index contributed by atoms with van der Waals surface area (Å²) < 4.78 is 68.7. The van der Waals surface area contributed by atoms with Crippen LogP contribution in [0.25, 0.3) is 6.08 Å². The van der Waals surface area contributed by atoms with E-state index in [2.05, 4.69) is 10.6 Å². The smallest absolute Gasteiger partial charge is 0.452 e. The van der Waals surface area contributed by atoms with Crippen LogP contribution >= 0.6 is 0 Å². The Morgan fingerprint density at radius 1 is 0.817 bits per heavy atom. The molecule has 60 heavy (non-hydrogen) atoms. The predicted molar refractivity (Wildman–Crippen MR) is 221 cm³/mol. The van der Waals surface area contributed by atoms with E-state index in [1.807, 2.05) is 46.3 Å². The molecule has 1 saturated heterocycles. The van der Waals surface area contributed by atoms with Gasteiger partial charge in [0.05, 0.1) is 10.9 Å². The fraction of sp³-hybridized carbons (Fsp3) is 0.568. The number of nitrogens with one attached hydrogen (secondary N) is 3. The van der Waals surface area contributed by atoms with Crippen LogP contribution in [0.3, 0.4) is 0 Å². The van der Waals surface area contributed by atoms with Gasteiger partial charge in [0, 0.05) is 28.8 Å². The summed E-state index contributed by atoms with van der Waals surface area (Å²) in [5.74, 6) is -6.54. The van der Waals surface area contributed by atoms with Gasteiger partial charge in [0.2, 0.25) is 11.8 Å². The van der Waals surface area contributed by atoms with Crippen LogP contribution in [-0.2, 0) is 40.0 Å². The van der Waals surface area contributed by atoms with Gasteiger partial charge in [-0.25, -0.2) is 13.1 Å². The number of benzene rings is 2. The number of carbonyl (C=O) groups is 5. The summed E-state index contributed by atoms with van der Waals surface area (Å²) in [6.45, 7) is 17.8. The van der Waals surface area contributed by atoms with Gasteiger partial charge in [0.1, 0.15) is 17.8 Å². The van der Waals surface area contributed by atoms with E-state index in [4.69, 9.17) is 0 Å². The van der Waals surface area contributed by atoms with E-state index >= 15 is 0 Å². The number of alkyl halides is 3. The number of rotatable bonds is 12. The lowest BCUT2D eigenvalue weighted by Crippen LogP contribution is -2.59. The van der Waals surface area contributed by atoms with Crippen LogP contribution in [0.5, 0.6) is 5.75 Å². The van der Waals surface area contributed by atoms with Gasteiger partial charge in [0.25, 0.3) is 27.6 Å². The highest BCUT2D eigenvalue weighted by Gasteiger charge is 2.51. The maximum atomic E-state index is 14.4. The molecular formula is C44H59F3N4O8S. The second-order valence-electron chi connectivity index (χ2n) is 18.7. The van der Waals surface area contributed by atoms with Crippen molar-refractivity contribution in [3.05, 3.63) is 64.7 Å². The van der Waals surface area contributed by atoms with Crippen molar-refractivity contribution in [1.82, 2.24) is 20.3 Å². The van der Waals surface area contributed by atoms with Crippen molar-refractivity contribution in [3.8, 4) is 5.75 Å². The third-order valence-electron chi connectivity index (χ3n) is 11.2. The molecule has 0 aromatic heterocycles. The van der Waals surface area contributed by atoms with Crippen LogP contribution in [0.2, 0.25) is 0 Å². The Morgan fingerprint density at radius 2 is 1.35 bits per heavy atom. The van der Waals surface area contributed by atoms with Crippen molar-refractivity contribution >= 4 is 45.5 Å². The van der Waals surface area contributed by atoms with E-state index in [0.29, 0.717) is 29.5 Å². The minimum Gasteiger partial charge on any atom is -0.507 e. The molecule has 4 rings (SSSR count). The summed E-state index contributed by atoms with van der Waals surface area (Å²) in [5, 5.41) is 16.0. The molecule has 0 bridgehead atoms. The average molecular weight is 861 g/mol. The normalized spacial score (nSPS) is 19.9. The third-order valence-corrected chi connectivity index (χ3v) is 12.6. The highest BCUT2D eigenvalue weighted by Crippen LogP contribution is 2.42. The fourth-order valence-corrected chi connectivity index (χ4v) is 8.89. The molecule has 1 unspecified atom stereocenters. The molecule has 12 nitrogen and oxygen atoms in total. The number of Topliss-reactive ketones (excluding diaryl/α,β-unsaturated/α-hetero) is 1. The lowest BCUT2D eigenvalue weighted by atomic mass is 9.78. The second-order valence-corrected chi connectivity index (χ2v) is 20.4. The molecule has 330 valence electrons. The molecule has 1 heterocycles. The summed E-state index contributed by atoms with van der Waals surface area (Å²) in [6.07, 6.45) is 0.425. The van der Waals surface area contributed by atoms with Gasteiger partial charge < -0.3 is 20.6 Å². The molecule has 2 aliphatic rings. The van der Waals surface area contributed by atoms with Crippen LogP contribution in [-0.4, -0.2) is 78.2 Å². The number of aromatic hydroxyl groups is 1. The zero-order valence-electron chi connectivity index (χ0n) is 36.0. The Bertz CT molecular complexity index is 2070. The SMILES string of the molecule is CC(C)C(NC(=O)[C@@H]1C[C@@H]2CCCC[C@@H]2N1C(=O)[C@@H](NC(=O)c1ccc(S(=O)(=O)NC(=O)/C=C/c2cc(C(C)(C)C)c(O)c(C(C)(C)C)c2)cc1)C(C)C)C(=O)C(F)(F)F. The van der Waals surface area contributed by atoms with Crippen molar-refractivity contribution < 1.29 is 50.7 Å². The molecule has 1 aliphatic heterocycles. The molecule has 1 saturated carbocycles. The molecular weight excluding hydrogens is 802 g/mol. The molecule has 2 fully saturated rings. The lowest BCUT2D eigenvalue weighted by molar-refractivity contribution is -0.175. The number of halogens is 3. The van der Waals surface area contributed by atoms with Gasteiger partial charge in [-0.3, -0.25) is 24.0 Å². The number of sulfonamides is 1. The number of hydrogen-bond donors (Lipinski definition) is 4. The molecule has 0 spiro atoms. The molecule has 4 N–H and O–H groups in total. The van der Waals surface area contributed by atoms with Crippen molar-refractivity contribution in [2.45, 2.75) is 147 Å². The van der Waals surface area contributed by atoms with E-state index in [-0.39, 0.29) is 28.5 Å². The third kappa shape index (κ3) is 11.1. The summed E-state index contributed by atoms with van der Waals surface area (Å²) >= 11 is 0. The average Bonchev–Trinajstić information content (AvgIpc) is 3.53. The Hall–Kier alpha value is -4.73.